The zero-order chi connectivity index (χ0) is 19.6. The average molecular weight is 508 g/mol. The van der Waals surface area contributed by atoms with Crippen molar-refractivity contribution < 1.29 is 15.0 Å². The molecule has 2 N–H and O–H groups in total. The third-order valence-electron chi connectivity index (χ3n) is 3.62. The van der Waals surface area contributed by atoms with Gasteiger partial charge in [-0.05, 0) is 12.1 Å². The Kier molecular flexibility index (Phi) is 8.98. The number of carboxylic acid groups (broad SMARTS) is 1. The topological polar surface area (TPSA) is 57.5 Å². The zero-order valence-corrected chi connectivity index (χ0v) is 18.8. The number of hydrogen-bond donors (Lipinski definition) is 2. The summed E-state index contributed by atoms with van der Waals surface area (Å²) in [7, 11) is 0. The van der Waals surface area contributed by atoms with Crippen LogP contribution in [-0.4, -0.2) is 37.3 Å². The summed E-state index contributed by atoms with van der Waals surface area (Å²) in [5.74, 6) is -1.31. The smallest absolute Gasteiger partial charge is 0.339 e. The van der Waals surface area contributed by atoms with E-state index in [9.17, 15) is 4.79 Å². The summed E-state index contributed by atoms with van der Waals surface area (Å²) in [6.07, 6.45) is 0. The second-order valence-corrected chi connectivity index (χ2v) is 10.00. The minimum absolute atomic E-state index is 0.0671. The second kappa shape index (κ2) is 11.2. The van der Waals surface area contributed by atoms with Crippen molar-refractivity contribution in [2.75, 3.05) is 0 Å². The average Bonchev–Trinajstić information content (AvgIpc) is 2.66. The molecule has 0 spiro atoms. The van der Waals surface area contributed by atoms with Crippen molar-refractivity contribution in [3.63, 3.8) is 0 Å². The predicted molar refractivity (Wildman–Crippen MR) is 111 cm³/mol. The summed E-state index contributed by atoms with van der Waals surface area (Å²) < 4.78 is 2.51. The van der Waals surface area contributed by atoms with Crippen LogP contribution in [0.4, 0.5) is 0 Å². The summed E-state index contributed by atoms with van der Waals surface area (Å²) in [4.78, 5) is 10.3. The number of hydrogen-bond acceptors (Lipinski definition) is 2. The molecule has 0 saturated heterocycles. The van der Waals surface area contributed by atoms with Crippen LogP contribution >= 0.6 is 23.2 Å². The third kappa shape index (κ3) is 7.83. The standard InChI is InChI=1S/2C7H6Cl.C7H6O3.Sn/c2*1-6-2-4-7(8)5-3-6;8-6-4-2-1-3-5(6)7(9)10;/h2*2-5H,1H2;1-4,8H,(H,9,10);. The molecule has 0 unspecified atom stereocenters. The number of benzene rings is 3. The van der Waals surface area contributed by atoms with Gasteiger partial charge in [-0.3, -0.25) is 0 Å². The molecule has 0 aliphatic rings. The van der Waals surface area contributed by atoms with E-state index >= 15 is 0 Å². The van der Waals surface area contributed by atoms with E-state index in [2.05, 4.69) is 24.3 Å². The van der Waals surface area contributed by atoms with Crippen molar-refractivity contribution in [1.82, 2.24) is 0 Å². The number of carboxylic acids is 1. The van der Waals surface area contributed by atoms with E-state index in [0.717, 1.165) is 10.0 Å². The Hall–Kier alpha value is -1.69. The quantitative estimate of drug-likeness (QED) is 0.449. The number of carbonyl (C=O) groups is 1. The number of para-hydroxylation sites is 1. The number of rotatable bonds is 5. The molecular formula is C21H18Cl2O3Sn. The molecule has 0 aromatic heterocycles. The van der Waals surface area contributed by atoms with Crippen LogP contribution in [0.25, 0.3) is 0 Å². The minimum Gasteiger partial charge on any atom is -0.507 e. The molecule has 27 heavy (non-hydrogen) atoms. The fourth-order valence-corrected chi connectivity index (χ4v) is 5.81. The molecule has 2 radical (unpaired) electrons. The van der Waals surface area contributed by atoms with Crippen LogP contribution in [0.3, 0.4) is 0 Å². The van der Waals surface area contributed by atoms with Crippen LogP contribution < -0.4 is 0 Å². The van der Waals surface area contributed by atoms with Crippen molar-refractivity contribution in [3.8, 4) is 5.75 Å². The predicted octanol–water partition coefficient (Wildman–Crippen LogP) is 5.49. The molecular weight excluding hydrogens is 490 g/mol. The Labute approximate surface area is 178 Å². The van der Waals surface area contributed by atoms with Crippen molar-refractivity contribution in [2.45, 2.75) is 8.87 Å². The molecule has 0 atom stereocenters. The van der Waals surface area contributed by atoms with Gasteiger partial charge in [0.15, 0.2) is 0 Å². The van der Waals surface area contributed by atoms with Crippen LogP contribution in [0.1, 0.15) is 21.5 Å². The van der Waals surface area contributed by atoms with Gasteiger partial charge in [-0.15, -0.1) is 0 Å². The first-order chi connectivity index (χ1) is 13.0. The summed E-state index contributed by atoms with van der Waals surface area (Å²) in [6, 6.07) is 22.2. The van der Waals surface area contributed by atoms with Gasteiger partial charge >= 0.3 is 129 Å². The summed E-state index contributed by atoms with van der Waals surface area (Å²) in [6.45, 7) is 0. The molecule has 0 amide bonds. The van der Waals surface area contributed by atoms with Crippen LogP contribution in [-0.2, 0) is 8.87 Å². The molecule has 3 rings (SSSR count). The first-order valence-corrected chi connectivity index (χ1v) is 13.0. The van der Waals surface area contributed by atoms with E-state index in [4.69, 9.17) is 33.4 Å². The zero-order valence-electron chi connectivity index (χ0n) is 14.4. The van der Waals surface area contributed by atoms with Gasteiger partial charge in [0.2, 0.25) is 0 Å². The van der Waals surface area contributed by atoms with E-state index in [-0.39, 0.29) is 32.5 Å². The number of aromatic carboxylic acids is 1. The molecule has 0 heterocycles. The molecule has 0 fully saturated rings. The number of aromatic hydroxyl groups is 1. The second-order valence-electron chi connectivity index (χ2n) is 5.68. The molecule has 3 nitrogen and oxygen atoms in total. The van der Waals surface area contributed by atoms with Crippen LogP contribution in [0.5, 0.6) is 5.75 Å². The Morgan fingerprint density at radius 3 is 1.59 bits per heavy atom. The van der Waals surface area contributed by atoms with Gasteiger partial charge in [0, 0.05) is 0 Å². The van der Waals surface area contributed by atoms with Crippen molar-refractivity contribution in [3.05, 3.63) is 99.5 Å². The molecule has 138 valence electrons. The Balaban J connectivity index is 0.000000223. The van der Waals surface area contributed by atoms with Gasteiger partial charge < -0.3 is 10.2 Å². The van der Waals surface area contributed by atoms with Gasteiger partial charge in [0.1, 0.15) is 11.3 Å². The van der Waals surface area contributed by atoms with Crippen LogP contribution in [0.15, 0.2) is 72.8 Å². The van der Waals surface area contributed by atoms with E-state index in [0.29, 0.717) is 0 Å². The number of halogens is 2. The van der Waals surface area contributed by atoms with Crippen LogP contribution in [0.2, 0.25) is 10.0 Å². The van der Waals surface area contributed by atoms with Crippen molar-refractivity contribution in [2.24, 2.45) is 0 Å². The molecule has 6 heteroatoms. The van der Waals surface area contributed by atoms with E-state index in [1.165, 1.54) is 32.1 Å². The van der Waals surface area contributed by atoms with Gasteiger partial charge in [0.05, 0.1) is 0 Å². The molecule has 0 aliphatic heterocycles. The fourth-order valence-electron chi connectivity index (χ4n) is 2.21. The van der Waals surface area contributed by atoms with Gasteiger partial charge in [-0.2, -0.15) is 0 Å². The maximum Gasteiger partial charge on any atom is 0.339 e. The van der Waals surface area contributed by atoms with Crippen LogP contribution in [0, 0.1) is 0 Å². The molecule has 0 aliphatic carbocycles. The van der Waals surface area contributed by atoms with Gasteiger partial charge in [-0.25, -0.2) is 4.79 Å². The van der Waals surface area contributed by atoms with Gasteiger partial charge in [-0.1, -0.05) is 12.1 Å². The van der Waals surface area contributed by atoms with Crippen molar-refractivity contribution >= 4 is 50.3 Å². The van der Waals surface area contributed by atoms with E-state index in [1.54, 1.807) is 12.1 Å². The maximum absolute atomic E-state index is 10.3. The Bertz CT molecular complexity index is 820. The minimum atomic E-state index is -1.11. The molecule has 0 saturated carbocycles. The molecule has 0 bridgehead atoms. The normalized spacial score (nSPS) is 10.0. The summed E-state index contributed by atoms with van der Waals surface area (Å²) in [5.41, 5.74) is 2.76. The van der Waals surface area contributed by atoms with Gasteiger partial charge in [0.25, 0.3) is 0 Å². The maximum atomic E-state index is 10.3. The third-order valence-corrected chi connectivity index (χ3v) is 7.88. The fraction of sp³-hybridized carbons (Fsp3) is 0.0952. The molecule has 3 aromatic rings. The van der Waals surface area contributed by atoms with Crippen molar-refractivity contribution in [1.29, 1.82) is 0 Å². The van der Waals surface area contributed by atoms with E-state index in [1.807, 2.05) is 24.3 Å². The number of phenols is 1. The first kappa shape index (κ1) is 21.6. The monoisotopic (exact) mass is 508 g/mol. The largest absolute Gasteiger partial charge is 0.507 e. The summed E-state index contributed by atoms with van der Waals surface area (Å²) in [5, 5.41) is 18.9. The molecule has 3 aromatic carbocycles. The Morgan fingerprint density at radius 2 is 1.22 bits per heavy atom. The summed E-state index contributed by atoms with van der Waals surface area (Å²) >= 11 is 11.3. The first-order valence-electron chi connectivity index (χ1n) is 8.16. The Morgan fingerprint density at radius 1 is 0.778 bits per heavy atom. The SMILES string of the molecule is Clc1ccc([CH2][Sn][CH2]c2ccc(Cl)cc2)cc1.O=C(O)c1ccccc1O. The van der Waals surface area contributed by atoms with E-state index < -0.39 is 5.97 Å².